The Hall–Kier alpha value is -2.20. The molecule has 0 aliphatic heterocycles. The van der Waals surface area contributed by atoms with E-state index < -0.39 is 6.10 Å². The molecule has 2 aromatic rings. The van der Waals surface area contributed by atoms with Crippen LogP contribution in [0.3, 0.4) is 0 Å². The minimum atomic E-state index is -0.574. The Bertz CT molecular complexity index is 675. The van der Waals surface area contributed by atoms with E-state index in [0.29, 0.717) is 17.3 Å². The van der Waals surface area contributed by atoms with E-state index in [1.54, 1.807) is 38.3 Å². The third-order valence-electron chi connectivity index (χ3n) is 3.59. The second-order valence-electron chi connectivity index (χ2n) is 5.42. The average molecular weight is 348 g/mol. The quantitative estimate of drug-likeness (QED) is 0.737. The number of carbonyl (C=O) groups is 1. The summed E-state index contributed by atoms with van der Waals surface area (Å²) >= 11 is 5.90. The number of ether oxygens (including phenoxy) is 2. The van der Waals surface area contributed by atoms with Gasteiger partial charge in [0.05, 0.1) is 7.11 Å². The number of methoxy groups -OCH3 is 1. The predicted octanol–water partition coefficient (Wildman–Crippen LogP) is 3.86. The van der Waals surface area contributed by atoms with Crippen LogP contribution in [0.1, 0.15) is 18.9 Å². The largest absolute Gasteiger partial charge is 0.496 e. The Morgan fingerprint density at radius 3 is 2.75 bits per heavy atom. The maximum absolute atomic E-state index is 12.1. The Labute approximate surface area is 147 Å². The molecule has 0 bridgehead atoms. The molecular formula is C19H22ClNO3. The SMILES string of the molecule is COc1ccccc1CCCNC(=O)[C@H](C)Oc1cccc(Cl)c1. The standard InChI is InChI=1S/C19H22ClNO3/c1-14(24-17-10-5-9-16(20)13-17)19(22)21-12-6-8-15-7-3-4-11-18(15)23-2/h3-5,7,9-11,13-14H,6,8,12H2,1-2H3,(H,21,22)/t14-/m0/s1. The van der Waals surface area contributed by atoms with Crippen LogP contribution in [0.4, 0.5) is 0 Å². The molecule has 0 heterocycles. The van der Waals surface area contributed by atoms with Gasteiger partial charge in [0.1, 0.15) is 11.5 Å². The summed E-state index contributed by atoms with van der Waals surface area (Å²) in [7, 11) is 1.66. The van der Waals surface area contributed by atoms with Crippen LogP contribution >= 0.6 is 11.6 Å². The van der Waals surface area contributed by atoms with E-state index in [-0.39, 0.29) is 5.91 Å². The zero-order valence-electron chi connectivity index (χ0n) is 13.9. The van der Waals surface area contributed by atoms with Gasteiger partial charge in [-0.05, 0) is 49.6 Å². The van der Waals surface area contributed by atoms with Gasteiger partial charge >= 0.3 is 0 Å². The summed E-state index contributed by atoms with van der Waals surface area (Å²) in [6, 6.07) is 14.9. The lowest BCUT2D eigenvalue weighted by Crippen LogP contribution is -2.36. The molecule has 0 fully saturated rings. The Morgan fingerprint density at radius 1 is 1.21 bits per heavy atom. The predicted molar refractivity (Wildman–Crippen MR) is 95.9 cm³/mol. The molecule has 24 heavy (non-hydrogen) atoms. The fourth-order valence-corrected chi connectivity index (χ4v) is 2.52. The number of amides is 1. The van der Waals surface area contributed by atoms with Gasteiger partial charge in [0.25, 0.3) is 5.91 Å². The number of nitrogens with one attached hydrogen (secondary N) is 1. The normalized spacial score (nSPS) is 11.6. The molecule has 1 N–H and O–H groups in total. The first kappa shape index (κ1) is 18.1. The molecule has 0 radical (unpaired) electrons. The summed E-state index contributed by atoms with van der Waals surface area (Å²) in [5.74, 6) is 1.32. The van der Waals surface area contributed by atoms with Gasteiger partial charge in [-0.1, -0.05) is 35.9 Å². The lowest BCUT2D eigenvalue weighted by Gasteiger charge is -2.15. The molecule has 0 aliphatic rings. The first-order valence-corrected chi connectivity index (χ1v) is 8.30. The van der Waals surface area contributed by atoms with E-state index in [0.717, 1.165) is 24.2 Å². The molecule has 0 unspecified atom stereocenters. The first-order valence-electron chi connectivity index (χ1n) is 7.92. The Balaban J connectivity index is 1.74. The van der Waals surface area contributed by atoms with Crippen molar-refractivity contribution in [2.75, 3.05) is 13.7 Å². The number of hydrogen-bond acceptors (Lipinski definition) is 3. The van der Waals surface area contributed by atoms with Crippen molar-refractivity contribution in [2.24, 2.45) is 0 Å². The molecule has 0 aromatic heterocycles. The molecular weight excluding hydrogens is 326 g/mol. The minimum Gasteiger partial charge on any atom is -0.496 e. The van der Waals surface area contributed by atoms with Gasteiger partial charge in [0, 0.05) is 11.6 Å². The van der Waals surface area contributed by atoms with E-state index in [9.17, 15) is 4.79 Å². The number of aryl methyl sites for hydroxylation is 1. The van der Waals surface area contributed by atoms with Crippen molar-refractivity contribution in [3.05, 3.63) is 59.1 Å². The highest BCUT2D eigenvalue weighted by atomic mass is 35.5. The lowest BCUT2D eigenvalue weighted by molar-refractivity contribution is -0.127. The molecule has 0 spiro atoms. The van der Waals surface area contributed by atoms with Crippen LogP contribution in [0.25, 0.3) is 0 Å². The highest BCUT2D eigenvalue weighted by Gasteiger charge is 2.14. The molecule has 1 amide bonds. The molecule has 128 valence electrons. The Morgan fingerprint density at radius 2 is 2.00 bits per heavy atom. The fourth-order valence-electron chi connectivity index (χ4n) is 2.34. The molecule has 0 saturated heterocycles. The summed E-state index contributed by atoms with van der Waals surface area (Å²) in [5, 5.41) is 3.47. The summed E-state index contributed by atoms with van der Waals surface area (Å²) in [5.41, 5.74) is 1.14. The fraction of sp³-hybridized carbons (Fsp3) is 0.316. The van der Waals surface area contributed by atoms with Crippen molar-refractivity contribution in [2.45, 2.75) is 25.9 Å². The molecule has 0 aliphatic carbocycles. The van der Waals surface area contributed by atoms with Crippen LogP contribution in [-0.2, 0) is 11.2 Å². The van der Waals surface area contributed by atoms with Crippen molar-refractivity contribution >= 4 is 17.5 Å². The average Bonchev–Trinajstić information content (AvgIpc) is 2.58. The van der Waals surface area contributed by atoms with Crippen LogP contribution in [0.5, 0.6) is 11.5 Å². The maximum Gasteiger partial charge on any atom is 0.260 e. The summed E-state index contributed by atoms with van der Waals surface area (Å²) < 4.78 is 10.9. The number of rotatable bonds is 8. The van der Waals surface area contributed by atoms with Gasteiger partial charge in [-0.15, -0.1) is 0 Å². The van der Waals surface area contributed by atoms with Crippen LogP contribution in [-0.4, -0.2) is 25.7 Å². The first-order chi connectivity index (χ1) is 11.6. The number of carbonyl (C=O) groups excluding carboxylic acids is 1. The zero-order chi connectivity index (χ0) is 17.4. The van der Waals surface area contributed by atoms with Gasteiger partial charge in [-0.25, -0.2) is 0 Å². The van der Waals surface area contributed by atoms with Crippen molar-refractivity contribution in [1.82, 2.24) is 5.32 Å². The topological polar surface area (TPSA) is 47.6 Å². The maximum atomic E-state index is 12.1. The van der Waals surface area contributed by atoms with Gasteiger partial charge in [-0.2, -0.15) is 0 Å². The van der Waals surface area contributed by atoms with E-state index in [1.165, 1.54) is 0 Å². The van der Waals surface area contributed by atoms with Gasteiger partial charge in [0.2, 0.25) is 0 Å². The Kier molecular flexibility index (Phi) is 6.94. The molecule has 4 nitrogen and oxygen atoms in total. The highest BCUT2D eigenvalue weighted by Crippen LogP contribution is 2.19. The third kappa shape index (κ3) is 5.46. The zero-order valence-corrected chi connectivity index (χ0v) is 14.7. The number of para-hydroxylation sites is 1. The van der Waals surface area contributed by atoms with Crippen molar-refractivity contribution in [1.29, 1.82) is 0 Å². The number of halogens is 1. The molecule has 2 aromatic carbocycles. The second kappa shape index (κ2) is 9.18. The third-order valence-corrected chi connectivity index (χ3v) is 3.83. The van der Waals surface area contributed by atoms with Crippen LogP contribution in [0.2, 0.25) is 5.02 Å². The van der Waals surface area contributed by atoms with Gasteiger partial charge in [0.15, 0.2) is 6.10 Å². The smallest absolute Gasteiger partial charge is 0.260 e. The molecule has 0 saturated carbocycles. The minimum absolute atomic E-state index is 0.144. The van der Waals surface area contributed by atoms with E-state index in [1.807, 2.05) is 24.3 Å². The molecule has 1 atom stereocenters. The van der Waals surface area contributed by atoms with Crippen LogP contribution in [0.15, 0.2) is 48.5 Å². The monoisotopic (exact) mass is 347 g/mol. The van der Waals surface area contributed by atoms with Crippen molar-refractivity contribution in [3.63, 3.8) is 0 Å². The lowest BCUT2D eigenvalue weighted by atomic mass is 10.1. The number of hydrogen-bond donors (Lipinski definition) is 1. The molecule has 2 rings (SSSR count). The summed E-state index contributed by atoms with van der Waals surface area (Å²) in [4.78, 5) is 12.1. The summed E-state index contributed by atoms with van der Waals surface area (Å²) in [6.45, 7) is 2.30. The molecule has 5 heteroatoms. The highest BCUT2D eigenvalue weighted by molar-refractivity contribution is 6.30. The number of benzene rings is 2. The van der Waals surface area contributed by atoms with Crippen LogP contribution in [0, 0.1) is 0 Å². The van der Waals surface area contributed by atoms with E-state index in [4.69, 9.17) is 21.1 Å². The van der Waals surface area contributed by atoms with E-state index >= 15 is 0 Å². The van der Waals surface area contributed by atoms with Crippen molar-refractivity contribution in [3.8, 4) is 11.5 Å². The van der Waals surface area contributed by atoms with Gasteiger partial charge < -0.3 is 14.8 Å². The second-order valence-corrected chi connectivity index (χ2v) is 5.86. The van der Waals surface area contributed by atoms with Crippen molar-refractivity contribution < 1.29 is 14.3 Å². The van der Waals surface area contributed by atoms with Gasteiger partial charge in [-0.3, -0.25) is 4.79 Å². The summed E-state index contributed by atoms with van der Waals surface area (Å²) in [6.07, 6.45) is 1.10. The van der Waals surface area contributed by atoms with Crippen LogP contribution < -0.4 is 14.8 Å². The van der Waals surface area contributed by atoms with E-state index in [2.05, 4.69) is 5.32 Å².